The normalized spacial score (nSPS) is 10.9. The molecule has 0 radical (unpaired) electrons. The van der Waals surface area contributed by atoms with Gasteiger partial charge in [-0.2, -0.15) is 0 Å². The second-order valence-corrected chi connectivity index (χ2v) is 8.31. The van der Waals surface area contributed by atoms with E-state index in [0.717, 1.165) is 22.5 Å². The van der Waals surface area contributed by atoms with Gasteiger partial charge in [-0.1, -0.05) is 54.3 Å². The van der Waals surface area contributed by atoms with E-state index in [4.69, 9.17) is 9.84 Å². The zero-order valence-corrected chi connectivity index (χ0v) is 18.5. The maximum absolute atomic E-state index is 12.8. The van der Waals surface area contributed by atoms with Crippen LogP contribution in [0.2, 0.25) is 0 Å². The molecule has 0 saturated heterocycles. The van der Waals surface area contributed by atoms with Crippen molar-refractivity contribution in [3.63, 3.8) is 0 Å². The number of aliphatic hydroxyl groups is 1. The molecule has 170 valence electrons. The Morgan fingerprint density at radius 3 is 2.72 bits per heavy atom. The number of amides is 1. The van der Waals surface area contributed by atoms with Crippen molar-refractivity contribution in [2.45, 2.75) is 13.0 Å². The van der Waals surface area contributed by atoms with Crippen LogP contribution in [0.5, 0.6) is 5.75 Å². The smallest absolute Gasteiger partial charge is 0.410 e. The fourth-order valence-electron chi connectivity index (χ4n) is 3.17. The van der Waals surface area contributed by atoms with E-state index in [0.29, 0.717) is 48.4 Å². The predicted octanol–water partition coefficient (Wildman–Crippen LogP) is 2.61. The number of aromatic nitrogens is 1. The summed E-state index contributed by atoms with van der Waals surface area (Å²) >= 11 is 1.04. The zero-order valence-electron chi connectivity index (χ0n) is 17.7. The molecule has 3 aromatic rings. The Labute approximate surface area is 189 Å². The van der Waals surface area contributed by atoms with E-state index in [-0.39, 0.29) is 23.8 Å². The summed E-state index contributed by atoms with van der Waals surface area (Å²) in [6, 6.07) is 12.8. The molecule has 8 nitrogen and oxygen atoms in total. The molecule has 3 rings (SSSR count). The maximum atomic E-state index is 12.8. The Bertz CT molecular complexity index is 1110. The third-order valence-corrected chi connectivity index (χ3v) is 5.87. The van der Waals surface area contributed by atoms with Gasteiger partial charge in [0.15, 0.2) is 0 Å². The Kier molecular flexibility index (Phi) is 8.43. The molecule has 1 heterocycles. The van der Waals surface area contributed by atoms with Crippen LogP contribution in [0.1, 0.15) is 11.1 Å². The molecule has 0 saturated carbocycles. The number of rotatable bonds is 11. The van der Waals surface area contributed by atoms with Gasteiger partial charge in [-0.15, -0.1) is 0 Å². The number of fused-ring (bicyclic) bond motifs is 1. The molecule has 0 unspecified atom stereocenters. The van der Waals surface area contributed by atoms with Gasteiger partial charge < -0.3 is 30.2 Å². The summed E-state index contributed by atoms with van der Waals surface area (Å²) in [5.41, 5.74) is 2.84. The maximum Gasteiger partial charge on any atom is 0.410 e. The summed E-state index contributed by atoms with van der Waals surface area (Å²) < 4.78 is 6.18. The van der Waals surface area contributed by atoms with Gasteiger partial charge in [0.25, 0.3) is 0 Å². The van der Waals surface area contributed by atoms with Crippen molar-refractivity contribution in [3.05, 3.63) is 75.4 Å². The molecule has 0 bridgehead atoms. The molecule has 0 aliphatic rings. The van der Waals surface area contributed by atoms with Gasteiger partial charge in [0.1, 0.15) is 17.9 Å². The first-order valence-electron chi connectivity index (χ1n) is 10.3. The van der Waals surface area contributed by atoms with Gasteiger partial charge in [0.05, 0.1) is 11.3 Å². The van der Waals surface area contributed by atoms with Crippen LogP contribution in [0.3, 0.4) is 0 Å². The van der Waals surface area contributed by atoms with Crippen LogP contribution in [0.4, 0.5) is 4.79 Å². The highest BCUT2D eigenvalue weighted by molar-refractivity contribution is 7.16. The zero-order chi connectivity index (χ0) is 22.9. The quantitative estimate of drug-likeness (QED) is 0.260. The number of aliphatic hydroxyl groups excluding tert-OH is 1. The average molecular weight is 458 g/mol. The van der Waals surface area contributed by atoms with Gasteiger partial charge >= 0.3 is 11.0 Å². The second-order valence-electron chi connectivity index (χ2n) is 7.32. The first-order chi connectivity index (χ1) is 15.5. The van der Waals surface area contributed by atoms with Crippen molar-refractivity contribution < 1.29 is 19.7 Å². The molecule has 0 spiro atoms. The van der Waals surface area contributed by atoms with Crippen LogP contribution in [0.15, 0.2) is 59.4 Å². The molecular weight excluding hydrogens is 430 g/mol. The number of thiazole rings is 1. The third-order valence-electron chi connectivity index (χ3n) is 4.91. The van der Waals surface area contributed by atoms with Crippen molar-refractivity contribution in [2.24, 2.45) is 0 Å². The van der Waals surface area contributed by atoms with E-state index in [1.54, 1.807) is 17.0 Å². The fourth-order valence-corrected chi connectivity index (χ4v) is 4.06. The van der Waals surface area contributed by atoms with Crippen LogP contribution in [0.25, 0.3) is 10.2 Å². The number of nitrogens with one attached hydrogen (secondary N) is 2. The Morgan fingerprint density at radius 1 is 1.19 bits per heavy atom. The van der Waals surface area contributed by atoms with Crippen molar-refractivity contribution in [1.29, 1.82) is 0 Å². The number of hydrogen-bond acceptors (Lipinski definition) is 7. The summed E-state index contributed by atoms with van der Waals surface area (Å²) in [6.07, 6.45) is 0.0582. The van der Waals surface area contributed by atoms with Crippen LogP contribution < -0.4 is 10.2 Å². The summed E-state index contributed by atoms with van der Waals surface area (Å²) in [5, 5.41) is 22.2. The topological polar surface area (TPSA) is 115 Å². The number of phenolic OH excluding ortho intramolecular Hbond substituents is 1. The molecule has 0 aliphatic carbocycles. The highest BCUT2D eigenvalue weighted by atomic mass is 32.1. The standard InChI is InChI=1S/C23H27N3O5S/c1-16(14-27)13-24-10-12-26(23(30)31-15-17-5-3-2-4-6-17)11-9-18-7-8-19(28)20-21(18)32-22(29)25-20/h2-8,24,27-28H,1,9-15H2,(H,25,29). The average Bonchev–Trinajstić information content (AvgIpc) is 3.21. The van der Waals surface area contributed by atoms with Crippen LogP contribution >= 0.6 is 11.3 Å². The lowest BCUT2D eigenvalue weighted by Crippen LogP contribution is -2.39. The molecule has 4 N–H and O–H groups in total. The number of phenols is 1. The molecule has 0 atom stereocenters. The molecule has 9 heteroatoms. The number of carbonyl (C=O) groups is 1. The fraction of sp³-hybridized carbons (Fsp3) is 0.304. The summed E-state index contributed by atoms with van der Waals surface area (Å²) in [5.74, 6) is 0.0227. The van der Waals surface area contributed by atoms with Crippen molar-refractivity contribution >= 4 is 27.6 Å². The minimum absolute atomic E-state index is 0.0227. The molecule has 1 amide bonds. The molecule has 0 fully saturated rings. The summed E-state index contributed by atoms with van der Waals surface area (Å²) in [7, 11) is 0. The number of ether oxygens (including phenoxy) is 1. The van der Waals surface area contributed by atoms with E-state index in [1.807, 2.05) is 30.3 Å². The van der Waals surface area contributed by atoms with Gasteiger partial charge in [-0.05, 0) is 29.2 Å². The van der Waals surface area contributed by atoms with Crippen LogP contribution in [0, 0.1) is 0 Å². The summed E-state index contributed by atoms with van der Waals surface area (Å²) in [4.78, 5) is 28.5. The Hall–Kier alpha value is -3.14. The molecule has 32 heavy (non-hydrogen) atoms. The first-order valence-corrected chi connectivity index (χ1v) is 11.1. The van der Waals surface area contributed by atoms with Gasteiger partial charge in [-0.25, -0.2) is 4.79 Å². The second kappa shape index (κ2) is 11.5. The Morgan fingerprint density at radius 2 is 1.97 bits per heavy atom. The highest BCUT2D eigenvalue weighted by Gasteiger charge is 2.17. The number of aromatic amines is 1. The number of aromatic hydroxyl groups is 1. The van der Waals surface area contributed by atoms with Gasteiger partial charge in [0, 0.05) is 26.2 Å². The largest absolute Gasteiger partial charge is 0.506 e. The lowest BCUT2D eigenvalue weighted by Gasteiger charge is -2.23. The van der Waals surface area contributed by atoms with Crippen molar-refractivity contribution in [3.8, 4) is 5.75 Å². The lowest BCUT2D eigenvalue weighted by atomic mass is 10.1. The Balaban J connectivity index is 1.65. The highest BCUT2D eigenvalue weighted by Crippen LogP contribution is 2.28. The third kappa shape index (κ3) is 6.43. The number of hydrogen-bond donors (Lipinski definition) is 4. The van der Waals surface area contributed by atoms with E-state index >= 15 is 0 Å². The van der Waals surface area contributed by atoms with Crippen LogP contribution in [-0.4, -0.2) is 59.0 Å². The van der Waals surface area contributed by atoms with Crippen LogP contribution in [-0.2, 0) is 17.8 Å². The number of H-pyrrole nitrogens is 1. The van der Waals surface area contributed by atoms with E-state index in [1.165, 1.54) is 0 Å². The van der Waals surface area contributed by atoms with Gasteiger partial charge in [0.2, 0.25) is 0 Å². The van der Waals surface area contributed by atoms with Gasteiger partial charge in [-0.3, -0.25) is 4.79 Å². The number of nitrogens with zero attached hydrogens (tertiary/aromatic N) is 1. The number of carbonyl (C=O) groups excluding carboxylic acids is 1. The van der Waals surface area contributed by atoms with E-state index < -0.39 is 6.09 Å². The molecule has 2 aromatic carbocycles. The number of benzene rings is 2. The minimum Gasteiger partial charge on any atom is -0.506 e. The molecular formula is C23H27N3O5S. The van der Waals surface area contributed by atoms with Crippen molar-refractivity contribution in [2.75, 3.05) is 32.8 Å². The monoisotopic (exact) mass is 457 g/mol. The van der Waals surface area contributed by atoms with E-state index in [2.05, 4.69) is 16.9 Å². The molecule has 1 aromatic heterocycles. The lowest BCUT2D eigenvalue weighted by molar-refractivity contribution is 0.0968. The SMILES string of the molecule is C=C(CO)CNCCN(CCc1ccc(O)c2[nH]c(=O)sc12)C(=O)OCc1ccccc1. The predicted molar refractivity (Wildman–Crippen MR) is 125 cm³/mol. The first kappa shape index (κ1) is 23.5. The minimum atomic E-state index is -0.436. The van der Waals surface area contributed by atoms with E-state index in [9.17, 15) is 14.7 Å². The summed E-state index contributed by atoms with van der Waals surface area (Å²) in [6.45, 7) is 5.56. The van der Waals surface area contributed by atoms with Crippen molar-refractivity contribution in [1.82, 2.24) is 15.2 Å². The molecule has 0 aliphatic heterocycles.